The fraction of sp³-hybridized carbons (Fsp3) is 0.333. The van der Waals surface area contributed by atoms with E-state index in [2.05, 4.69) is 5.32 Å². The van der Waals surface area contributed by atoms with E-state index in [4.69, 9.17) is 14.2 Å². The van der Waals surface area contributed by atoms with Crippen molar-refractivity contribution < 1.29 is 23.8 Å². The number of hydrogen-bond donors (Lipinski definition) is 1. The lowest BCUT2D eigenvalue weighted by Gasteiger charge is -2.30. The molecule has 1 N–H and O–H groups in total. The molecule has 3 rings (SSSR count). The standard InChI is InChI=1S/C24H28N2O5/c1-24(2)12-11-17-20(30-6)10-9-18(23(17)31-24)22(28)16-8-7-15(29-5)13-19(16)25-21(27)14-26(3)4/h7-13H,14H2,1-6H3,(H,25,27). The number of rotatable bonds is 7. The van der Waals surface area contributed by atoms with Crippen molar-refractivity contribution in [3.05, 3.63) is 53.1 Å². The Kier molecular flexibility index (Phi) is 6.36. The molecule has 0 saturated carbocycles. The fourth-order valence-corrected chi connectivity index (χ4v) is 3.36. The van der Waals surface area contributed by atoms with Crippen LogP contribution in [0, 0.1) is 0 Å². The van der Waals surface area contributed by atoms with E-state index in [-0.39, 0.29) is 18.2 Å². The third kappa shape index (κ3) is 4.88. The number of ether oxygens (including phenoxy) is 3. The maximum atomic E-state index is 13.6. The van der Waals surface area contributed by atoms with Crippen LogP contribution in [0.25, 0.3) is 6.08 Å². The Hall–Kier alpha value is -3.32. The molecule has 0 unspecified atom stereocenters. The summed E-state index contributed by atoms with van der Waals surface area (Å²) in [6.07, 6.45) is 3.83. The van der Waals surface area contributed by atoms with Gasteiger partial charge in [0, 0.05) is 11.6 Å². The van der Waals surface area contributed by atoms with Gasteiger partial charge in [0.15, 0.2) is 5.78 Å². The second-order valence-corrected chi connectivity index (χ2v) is 8.12. The summed E-state index contributed by atoms with van der Waals surface area (Å²) in [4.78, 5) is 27.7. The van der Waals surface area contributed by atoms with Gasteiger partial charge in [-0.05, 0) is 64.4 Å². The lowest BCUT2D eigenvalue weighted by Crippen LogP contribution is -2.29. The second kappa shape index (κ2) is 8.81. The highest BCUT2D eigenvalue weighted by Crippen LogP contribution is 2.41. The number of ketones is 1. The summed E-state index contributed by atoms with van der Waals surface area (Å²) in [6, 6.07) is 8.40. The van der Waals surface area contributed by atoms with Gasteiger partial charge in [-0.3, -0.25) is 9.59 Å². The van der Waals surface area contributed by atoms with Gasteiger partial charge in [-0.1, -0.05) is 0 Å². The van der Waals surface area contributed by atoms with Crippen LogP contribution in [0.1, 0.15) is 35.3 Å². The molecule has 0 fully saturated rings. The quantitative estimate of drug-likeness (QED) is 0.684. The number of nitrogens with zero attached hydrogens (tertiary/aromatic N) is 1. The van der Waals surface area contributed by atoms with Crippen LogP contribution >= 0.6 is 0 Å². The minimum Gasteiger partial charge on any atom is -0.497 e. The first-order chi connectivity index (χ1) is 14.6. The van der Waals surface area contributed by atoms with E-state index in [9.17, 15) is 9.59 Å². The molecule has 7 heteroatoms. The summed E-state index contributed by atoms with van der Waals surface area (Å²) in [7, 11) is 6.71. The van der Waals surface area contributed by atoms with Crippen LogP contribution < -0.4 is 19.5 Å². The molecule has 7 nitrogen and oxygen atoms in total. The zero-order valence-electron chi connectivity index (χ0n) is 18.7. The first kappa shape index (κ1) is 22.4. The van der Waals surface area contributed by atoms with E-state index in [1.807, 2.05) is 26.0 Å². The normalized spacial score (nSPS) is 13.9. The van der Waals surface area contributed by atoms with Gasteiger partial charge in [0.1, 0.15) is 22.8 Å². The number of amides is 1. The van der Waals surface area contributed by atoms with Gasteiger partial charge < -0.3 is 24.4 Å². The summed E-state index contributed by atoms with van der Waals surface area (Å²) in [5.41, 5.74) is 1.25. The Balaban J connectivity index is 2.08. The first-order valence-corrected chi connectivity index (χ1v) is 9.91. The molecule has 0 aliphatic carbocycles. The van der Waals surface area contributed by atoms with Crippen LogP contribution in [0.2, 0.25) is 0 Å². The number of anilines is 1. The average Bonchev–Trinajstić information content (AvgIpc) is 2.71. The number of likely N-dealkylation sites (N-methyl/N-ethyl adjacent to an activating group) is 1. The van der Waals surface area contributed by atoms with Gasteiger partial charge in [0.25, 0.3) is 0 Å². The SMILES string of the molecule is COc1ccc(C(=O)c2ccc(OC)c3c2OC(C)(C)C=C3)c(NC(=O)CN(C)C)c1. The lowest BCUT2D eigenvalue weighted by molar-refractivity contribution is -0.116. The molecular formula is C24H28N2O5. The van der Waals surface area contributed by atoms with Crippen molar-refractivity contribution in [2.75, 3.05) is 40.2 Å². The third-order valence-electron chi connectivity index (χ3n) is 4.84. The zero-order valence-corrected chi connectivity index (χ0v) is 18.7. The third-order valence-corrected chi connectivity index (χ3v) is 4.84. The number of benzene rings is 2. The van der Waals surface area contributed by atoms with Crippen LogP contribution in [0.5, 0.6) is 17.2 Å². The van der Waals surface area contributed by atoms with Crippen LogP contribution in [0.3, 0.4) is 0 Å². The van der Waals surface area contributed by atoms with Crippen molar-refractivity contribution in [3.63, 3.8) is 0 Å². The highest BCUT2D eigenvalue weighted by Gasteiger charge is 2.29. The zero-order chi connectivity index (χ0) is 22.8. The van der Waals surface area contributed by atoms with Crippen LogP contribution in [-0.4, -0.2) is 57.1 Å². The largest absolute Gasteiger partial charge is 0.497 e. The van der Waals surface area contributed by atoms with Gasteiger partial charge in [-0.25, -0.2) is 0 Å². The topological polar surface area (TPSA) is 77.1 Å². The predicted molar refractivity (Wildman–Crippen MR) is 120 cm³/mol. The summed E-state index contributed by atoms with van der Waals surface area (Å²) in [6.45, 7) is 4.02. The predicted octanol–water partition coefficient (Wildman–Crippen LogP) is 3.62. The van der Waals surface area contributed by atoms with Crippen LogP contribution in [0.15, 0.2) is 36.4 Å². The van der Waals surface area contributed by atoms with Crippen molar-refractivity contribution in [1.29, 1.82) is 0 Å². The van der Waals surface area contributed by atoms with E-state index in [1.54, 1.807) is 56.4 Å². The van der Waals surface area contributed by atoms with E-state index in [1.165, 1.54) is 7.11 Å². The molecule has 31 heavy (non-hydrogen) atoms. The maximum absolute atomic E-state index is 13.6. The highest BCUT2D eigenvalue weighted by atomic mass is 16.5. The van der Waals surface area contributed by atoms with Crippen molar-refractivity contribution >= 4 is 23.5 Å². The van der Waals surface area contributed by atoms with Crippen LogP contribution in [-0.2, 0) is 4.79 Å². The Morgan fingerprint density at radius 3 is 2.42 bits per heavy atom. The van der Waals surface area contributed by atoms with Gasteiger partial charge in [0.2, 0.25) is 5.91 Å². The molecule has 1 heterocycles. The molecule has 0 bridgehead atoms. The monoisotopic (exact) mass is 424 g/mol. The molecule has 1 aliphatic rings. The van der Waals surface area contributed by atoms with E-state index >= 15 is 0 Å². The number of fused-ring (bicyclic) bond motifs is 1. The lowest BCUT2D eigenvalue weighted by atomic mass is 9.94. The van der Waals surface area contributed by atoms with Crippen molar-refractivity contribution in [2.45, 2.75) is 19.4 Å². The molecule has 0 radical (unpaired) electrons. The second-order valence-electron chi connectivity index (χ2n) is 8.12. The van der Waals surface area contributed by atoms with Gasteiger partial charge >= 0.3 is 0 Å². The van der Waals surface area contributed by atoms with E-state index < -0.39 is 5.60 Å². The van der Waals surface area contributed by atoms with Crippen molar-refractivity contribution in [3.8, 4) is 17.2 Å². The van der Waals surface area contributed by atoms with Gasteiger partial charge in [-0.15, -0.1) is 0 Å². The molecule has 0 spiro atoms. The molecule has 1 amide bonds. The molecule has 164 valence electrons. The first-order valence-electron chi connectivity index (χ1n) is 9.91. The number of carbonyl (C=O) groups excluding carboxylic acids is 2. The fourth-order valence-electron chi connectivity index (χ4n) is 3.36. The van der Waals surface area contributed by atoms with Gasteiger partial charge in [0.05, 0.1) is 37.6 Å². The Morgan fingerprint density at radius 1 is 1.06 bits per heavy atom. The Labute approximate surface area is 182 Å². The number of methoxy groups -OCH3 is 2. The van der Waals surface area contributed by atoms with E-state index in [0.29, 0.717) is 39.6 Å². The molecule has 2 aromatic carbocycles. The minimum absolute atomic E-state index is 0.185. The summed E-state index contributed by atoms with van der Waals surface area (Å²) >= 11 is 0. The molecule has 0 saturated heterocycles. The summed E-state index contributed by atoms with van der Waals surface area (Å²) in [5.74, 6) is 1.11. The highest BCUT2D eigenvalue weighted by molar-refractivity contribution is 6.16. The van der Waals surface area contributed by atoms with Crippen molar-refractivity contribution in [1.82, 2.24) is 4.90 Å². The molecule has 2 aromatic rings. The maximum Gasteiger partial charge on any atom is 0.238 e. The van der Waals surface area contributed by atoms with Crippen molar-refractivity contribution in [2.24, 2.45) is 0 Å². The molecular weight excluding hydrogens is 396 g/mol. The Morgan fingerprint density at radius 2 is 1.77 bits per heavy atom. The van der Waals surface area contributed by atoms with E-state index in [0.717, 1.165) is 0 Å². The molecule has 1 aliphatic heterocycles. The number of nitrogens with one attached hydrogen (secondary N) is 1. The van der Waals surface area contributed by atoms with Gasteiger partial charge in [-0.2, -0.15) is 0 Å². The van der Waals surface area contributed by atoms with Crippen LogP contribution in [0.4, 0.5) is 5.69 Å². The molecule has 0 atom stereocenters. The Bertz CT molecular complexity index is 1040. The summed E-state index contributed by atoms with van der Waals surface area (Å²) < 4.78 is 16.9. The molecule has 0 aromatic heterocycles. The number of carbonyl (C=O) groups is 2. The minimum atomic E-state index is -0.572. The summed E-state index contributed by atoms with van der Waals surface area (Å²) in [5, 5.41) is 2.83. The smallest absolute Gasteiger partial charge is 0.238 e. The number of hydrogen-bond acceptors (Lipinski definition) is 6. The average molecular weight is 424 g/mol.